The minimum atomic E-state index is -0.209. The van der Waals surface area contributed by atoms with E-state index < -0.39 is 0 Å². The molecule has 0 saturated carbocycles. The topological polar surface area (TPSA) is 70.2 Å². The Morgan fingerprint density at radius 1 is 1.04 bits per heavy atom. The number of carbonyl (C=O) groups excluding carboxylic acids is 2. The lowest BCUT2D eigenvalue weighted by Gasteiger charge is -2.08. The molecule has 130 valence electrons. The molecule has 0 saturated heterocycles. The molecule has 0 unspecified atom stereocenters. The molecule has 0 bridgehead atoms. The van der Waals surface area contributed by atoms with Crippen LogP contribution in [0.25, 0.3) is 0 Å². The van der Waals surface area contributed by atoms with Crippen LogP contribution in [0.5, 0.6) is 0 Å². The molecule has 24 heavy (non-hydrogen) atoms. The standard InChI is InChI=1S/C17H21N3O2S.ClH/c1-3-12-4-6-13(7-5-12)15(21)20-17-14(8-11-23-17)16(22)19-10-9-18-2;/h4-8,11,18H,3,9-10H2,1-2H3,(H,19,22)(H,20,21);1H. The Morgan fingerprint density at radius 2 is 1.75 bits per heavy atom. The molecule has 0 atom stereocenters. The van der Waals surface area contributed by atoms with Gasteiger partial charge < -0.3 is 16.0 Å². The Bertz CT molecular complexity index is 671. The Morgan fingerprint density at radius 3 is 2.38 bits per heavy atom. The Balaban J connectivity index is 0.00000288. The van der Waals surface area contributed by atoms with E-state index in [2.05, 4.69) is 22.9 Å². The second-order valence-electron chi connectivity index (χ2n) is 5.03. The second-order valence-corrected chi connectivity index (χ2v) is 5.94. The van der Waals surface area contributed by atoms with Gasteiger partial charge in [0.05, 0.1) is 5.56 Å². The van der Waals surface area contributed by atoms with Crippen molar-refractivity contribution >= 4 is 40.6 Å². The summed E-state index contributed by atoms with van der Waals surface area (Å²) in [4.78, 5) is 24.4. The first-order valence-electron chi connectivity index (χ1n) is 7.56. The number of aryl methyl sites for hydroxylation is 1. The van der Waals surface area contributed by atoms with Crippen molar-refractivity contribution in [3.8, 4) is 0 Å². The average Bonchev–Trinajstić information content (AvgIpc) is 3.03. The molecule has 0 aliphatic carbocycles. The number of carbonyl (C=O) groups is 2. The van der Waals surface area contributed by atoms with Gasteiger partial charge in [-0.1, -0.05) is 19.1 Å². The van der Waals surface area contributed by atoms with Crippen LogP contribution in [-0.2, 0) is 6.42 Å². The summed E-state index contributed by atoms with van der Waals surface area (Å²) in [7, 11) is 1.83. The lowest BCUT2D eigenvalue weighted by Crippen LogP contribution is -2.30. The van der Waals surface area contributed by atoms with Crippen molar-refractivity contribution in [3.05, 3.63) is 52.4 Å². The minimum absolute atomic E-state index is 0. The summed E-state index contributed by atoms with van der Waals surface area (Å²) in [6.45, 7) is 3.30. The van der Waals surface area contributed by atoms with E-state index in [1.165, 1.54) is 16.9 Å². The van der Waals surface area contributed by atoms with Crippen LogP contribution in [0.3, 0.4) is 0 Å². The molecule has 2 aromatic rings. The van der Waals surface area contributed by atoms with Crippen LogP contribution in [0.15, 0.2) is 35.7 Å². The molecule has 2 amide bonds. The van der Waals surface area contributed by atoms with Crippen molar-refractivity contribution in [3.63, 3.8) is 0 Å². The zero-order chi connectivity index (χ0) is 16.7. The maximum Gasteiger partial charge on any atom is 0.256 e. The Labute approximate surface area is 152 Å². The summed E-state index contributed by atoms with van der Waals surface area (Å²) in [5.41, 5.74) is 2.25. The van der Waals surface area contributed by atoms with Gasteiger partial charge in [-0.15, -0.1) is 23.7 Å². The summed E-state index contributed by atoms with van der Waals surface area (Å²) in [6.07, 6.45) is 0.934. The molecule has 1 heterocycles. The van der Waals surface area contributed by atoms with E-state index >= 15 is 0 Å². The van der Waals surface area contributed by atoms with Crippen molar-refractivity contribution in [2.75, 3.05) is 25.5 Å². The number of nitrogens with one attached hydrogen (secondary N) is 3. The first-order valence-corrected chi connectivity index (χ1v) is 8.44. The van der Waals surface area contributed by atoms with E-state index in [4.69, 9.17) is 0 Å². The fourth-order valence-electron chi connectivity index (χ4n) is 2.05. The molecule has 0 radical (unpaired) electrons. The Kier molecular flexibility index (Phi) is 8.46. The van der Waals surface area contributed by atoms with Crippen LogP contribution in [0, 0.1) is 0 Å². The van der Waals surface area contributed by atoms with Crippen LogP contribution in [0.1, 0.15) is 33.2 Å². The fourth-order valence-corrected chi connectivity index (χ4v) is 2.83. The molecule has 1 aromatic carbocycles. The summed E-state index contributed by atoms with van der Waals surface area (Å²) in [5, 5.41) is 11.0. The molecule has 0 aliphatic rings. The number of hydrogen-bond acceptors (Lipinski definition) is 4. The molecule has 1 aromatic heterocycles. The summed E-state index contributed by atoms with van der Waals surface area (Å²) in [6, 6.07) is 9.20. The highest BCUT2D eigenvalue weighted by atomic mass is 35.5. The third kappa shape index (κ3) is 5.33. The van der Waals surface area contributed by atoms with Gasteiger partial charge in [-0.3, -0.25) is 9.59 Å². The van der Waals surface area contributed by atoms with Crippen LogP contribution >= 0.6 is 23.7 Å². The molecular formula is C17H22ClN3O2S. The van der Waals surface area contributed by atoms with E-state index in [0.717, 1.165) is 6.42 Å². The van der Waals surface area contributed by atoms with Crippen LogP contribution in [0.4, 0.5) is 5.00 Å². The SMILES string of the molecule is CCc1ccc(C(=O)Nc2sccc2C(=O)NCCNC)cc1.Cl. The number of anilines is 1. The zero-order valence-corrected chi connectivity index (χ0v) is 15.4. The number of amides is 2. The van der Waals surface area contributed by atoms with Gasteiger partial charge in [0.2, 0.25) is 0 Å². The Hall–Kier alpha value is -1.89. The summed E-state index contributed by atoms with van der Waals surface area (Å²) >= 11 is 1.34. The molecule has 0 fully saturated rings. The molecule has 0 aliphatic heterocycles. The number of thiophene rings is 1. The predicted molar refractivity (Wildman–Crippen MR) is 102 cm³/mol. The highest BCUT2D eigenvalue weighted by Crippen LogP contribution is 2.24. The molecule has 7 heteroatoms. The molecular weight excluding hydrogens is 346 g/mol. The van der Waals surface area contributed by atoms with Gasteiger partial charge in [0.1, 0.15) is 5.00 Å². The van der Waals surface area contributed by atoms with Crippen molar-refractivity contribution in [1.29, 1.82) is 0 Å². The quantitative estimate of drug-likeness (QED) is 0.659. The summed E-state index contributed by atoms with van der Waals surface area (Å²) in [5.74, 6) is -0.391. The zero-order valence-electron chi connectivity index (χ0n) is 13.7. The second kappa shape index (κ2) is 10.1. The smallest absolute Gasteiger partial charge is 0.256 e. The minimum Gasteiger partial charge on any atom is -0.351 e. The molecule has 0 spiro atoms. The van der Waals surface area contributed by atoms with E-state index in [9.17, 15) is 9.59 Å². The normalized spacial score (nSPS) is 9.92. The van der Waals surface area contributed by atoms with Crippen molar-refractivity contribution in [2.24, 2.45) is 0 Å². The average molecular weight is 368 g/mol. The number of rotatable bonds is 7. The highest BCUT2D eigenvalue weighted by Gasteiger charge is 2.15. The molecule has 5 nitrogen and oxygen atoms in total. The third-order valence-electron chi connectivity index (χ3n) is 3.42. The largest absolute Gasteiger partial charge is 0.351 e. The van der Waals surface area contributed by atoms with Gasteiger partial charge in [0.15, 0.2) is 0 Å². The van der Waals surface area contributed by atoms with Gasteiger partial charge in [-0.05, 0) is 42.6 Å². The molecule has 3 N–H and O–H groups in total. The number of likely N-dealkylation sites (N-methyl/N-ethyl adjacent to an activating group) is 1. The predicted octanol–water partition coefficient (Wildman–Crippen LogP) is 2.93. The van der Waals surface area contributed by atoms with Gasteiger partial charge in [-0.2, -0.15) is 0 Å². The van der Waals surface area contributed by atoms with Gasteiger partial charge in [-0.25, -0.2) is 0 Å². The fraction of sp³-hybridized carbons (Fsp3) is 0.294. The third-order valence-corrected chi connectivity index (χ3v) is 4.25. The summed E-state index contributed by atoms with van der Waals surface area (Å²) < 4.78 is 0. The van der Waals surface area contributed by atoms with Gasteiger partial charge in [0, 0.05) is 18.7 Å². The first kappa shape index (κ1) is 20.2. The van der Waals surface area contributed by atoms with Crippen LogP contribution in [0.2, 0.25) is 0 Å². The maximum absolute atomic E-state index is 12.3. The van der Waals surface area contributed by atoms with E-state index in [-0.39, 0.29) is 24.2 Å². The van der Waals surface area contributed by atoms with E-state index in [1.54, 1.807) is 23.6 Å². The lowest BCUT2D eigenvalue weighted by molar-refractivity contribution is 0.0955. The van der Waals surface area contributed by atoms with Gasteiger partial charge >= 0.3 is 0 Å². The number of benzene rings is 1. The monoisotopic (exact) mass is 367 g/mol. The maximum atomic E-state index is 12.3. The van der Waals surface area contributed by atoms with Gasteiger partial charge in [0.25, 0.3) is 11.8 Å². The lowest BCUT2D eigenvalue weighted by atomic mass is 10.1. The number of halogens is 1. The highest BCUT2D eigenvalue weighted by molar-refractivity contribution is 7.14. The van der Waals surface area contributed by atoms with Crippen LogP contribution in [-0.4, -0.2) is 32.0 Å². The molecule has 2 rings (SSSR count). The van der Waals surface area contributed by atoms with Crippen molar-refractivity contribution in [1.82, 2.24) is 10.6 Å². The number of hydrogen-bond donors (Lipinski definition) is 3. The van der Waals surface area contributed by atoms with Crippen molar-refractivity contribution in [2.45, 2.75) is 13.3 Å². The first-order chi connectivity index (χ1) is 11.2. The van der Waals surface area contributed by atoms with E-state index in [1.807, 2.05) is 19.2 Å². The van der Waals surface area contributed by atoms with Crippen molar-refractivity contribution < 1.29 is 9.59 Å². The van der Waals surface area contributed by atoms with Crippen LogP contribution < -0.4 is 16.0 Å². The van der Waals surface area contributed by atoms with E-state index in [0.29, 0.717) is 29.2 Å².